The van der Waals surface area contributed by atoms with Crippen LogP contribution in [0, 0.1) is 10.1 Å². The van der Waals surface area contributed by atoms with Crippen LogP contribution in [0.4, 0.5) is 10.5 Å². The first-order valence-corrected chi connectivity index (χ1v) is 6.47. The van der Waals surface area contributed by atoms with E-state index in [1.165, 1.54) is 35.2 Å². The molecule has 0 unspecified atom stereocenters. The number of carbonyl (C=O) groups is 2. The molecule has 1 heterocycles. The Kier molecular flexibility index (Phi) is 4.72. The third-order valence-electron chi connectivity index (χ3n) is 2.97. The lowest BCUT2D eigenvalue weighted by atomic mass is 10.2. The molecular weight excluding hydrogens is 292 g/mol. The standard InChI is InChI=1S/C14H14N2O6/c1-2-7-21-13(17)12-8-15(12)14(18)22-9-10-3-5-11(6-4-10)16(19)20/h2-6,12H,1,7-9H2/t12-,15?/m0/s1. The summed E-state index contributed by atoms with van der Waals surface area (Å²) in [7, 11) is 0. The normalized spacial score (nSPS) is 15.8. The fourth-order valence-electron chi connectivity index (χ4n) is 1.72. The van der Waals surface area contributed by atoms with E-state index in [4.69, 9.17) is 9.47 Å². The Morgan fingerprint density at radius 1 is 1.36 bits per heavy atom. The number of non-ortho nitro benzene ring substituents is 1. The van der Waals surface area contributed by atoms with Gasteiger partial charge in [0.25, 0.3) is 5.69 Å². The molecule has 0 aliphatic carbocycles. The lowest BCUT2D eigenvalue weighted by molar-refractivity contribution is -0.384. The van der Waals surface area contributed by atoms with Gasteiger partial charge in [-0.25, -0.2) is 9.59 Å². The predicted octanol–water partition coefficient (Wildman–Crippen LogP) is 1.64. The summed E-state index contributed by atoms with van der Waals surface area (Å²) in [5.74, 6) is -0.493. The van der Waals surface area contributed by atoms with E-state index in [9.17, 15) is 19.7 Å². The minimum absolute atomic E-state index is 0.0260. The van der Waals surface area contributed by atoms with Gasteiger partial charge in [-0.15, -0.1) is 0 Å². The Morgan fingerprint density at radius 3 is 2.64 bits per heavy atom. The highest BCUT2D eigenvalue weighted by Crippen LogP contribution is 2.21. The summed E-state index contributed by atoms with van der Waals surface area (Å²) in [6.07, 6.45) is 0.816. The van der Waals surface area contributed by atoms with Crippen molar-refractivity contribution in [2.45, 2.75) is 12.6 Å². The highest BCUT2D eigenvalue weighted by atomic mass is 16.6. The second kappa shape index (κ2) is 6.70. The lowest BCUT2D eigenvalue weighted by Gasteiger charge is -2.06. The summed E-state index contributed by atoms with van der Waals surface area (Å²) in [5, 5.41) is 10.5. The third kappa shape index (κ3) is 3.81. The zero-order valence-electron chi connectivity index (χ0n) is 11.6. The monoisotopic (exact) mass is 306 g/mol. The van der Waals surface area contributed by atoms with Crippen molar-refractivity contribution < 1.29 is 24.0 Å². The SMILES string of the molecule is C=CCOC(=O)[C@@H]1CN1C(=O)OCc1ccc([N+](=O)[O-])cc1. The van der Waals surface area contributed by atoms with E-state index in [0.29, 0.717) is 5.56 Å². The molecule has 116 valence electrons. The summed E-state index contributed by atoms with van der Waals surface area (Å²) >= 11 is 0. The molecule has 0 aromatic heterocycles. The molecule has 0 N–H and O–H groups in total. The smallest absolute Gasteiger partial charge is 0.411 e. The number of carbonyl (C=O) groups excluding carboxylic acids is 2. The Balaban J connectivity index is 1.78. The van der Waals surface area contributed by atoms with Gasteiger partial charge in [-0.1, -0.05) is 12.7 Å². The van der Waals surface area contributed by atoms with Gasteiger partial charge in [0.2, 0.25) is 0 Å². The van der Waals surface area contributed by atoms with E-state index in [1.807, 2.05) is 0 Å². The van der Waals surface area contributed by atoms with E-state index in [2.05, 4.69) is 6.58 Å². The zero-order chi connectivity index (χ0) is 16.1. The molecule has 1 saturated heterocycles. The molecule has 2 rings (SSSR count). The van der Waals surface area contributed by atoms with Gasteiger partial charge in [0.05, 0.1) is 11.5 Å². The van der Waals surface area contributed by atoms with Crippen LogP contribution in [0.3, 0.4) is 0 Å². The Labute approximate surface area is 126 Å². The van der Waals surface area contributed by atoms with Gasteiger partial charge >= 0.3 is 12.1 Å². The molecule has 0 radical (unpaired) electrons. The number of nitro groups is 1. The molecule has 1 aromatic carbocycles. The van der Waals surface area contributed by atoms with Crippen LogP contribution in [-0.4, -0.2) is 41.1 Å². The molecule has 22 heavy (non-hydrogen) atoms. The highest BCUT2D eigenvalue weighted by Gasteiger charge is 2.46. The molecule has 1 atom stereocenters. The molecule has 8 nitrogen and oxygen atoms in total. The van der Waals surface area contributed by atoms with Crippen molar-refractivity contribution in [1.82, 2.24) is 4.90 Å². The number of amides is 1. The van der Waals surface area contributed by atoms with Crippen molar-refractivity contribution in [2.75, 3.05) is 13.2 Å². The number of hydrogen-bond acceptors (Lipinski definition) is 6. The van der Waals surface area contributed by atoms with Gasteiger partial charge in [-0.2, -0.15) is 0 Å². The second-order valence-electron chi connectivity index (χ2n) is 4.57. The van der Waals surface area contributed by atoms with Crippen molar-refractivity contribution in [3.8, 4) is 0 Å². The van der Waals surface area contributed by atoms with Crippen molar-refractivity contribution in [1.29, 1.82) is 0 Å². The fraction of sp³-hybridized carbons (Fsp3) is 0.286. The van der Waals surface area contributed by atoms with Crippen molar-refractivity contribution in [2.24, 2.45) is 0 Å². The second-order valence-corrected chi connectivity index (χ2v) is 4.57. The summed E-state index contributed by atoms with van der Waals surface area (Å²) in [5.41, 5.74) is 0.581. The average molecular weight is 306 g/mol. The molecular formula is C14H14N2O6. The van der Waals surface area contributed by atoms with Crippen LogP contribution < -0.4 is 0 Å². The number of ether oxygens (including phenoxy) is 2. The van der Waals surface area contributed by atoms with Gasteiger partial charge in [0, 0.05) is 12.1 Å². The maximum Gasteiger partial charge on any atom is 0.411 e. The Bertz CT molecular complexity index is 598. The molecule has 8 heteroatoms. The first-order valence-electron chi connectivity index (χ1n) is 6.47. The number of hydrogen-bond donors (Lipinski definition) is 0. The largest absolute Gasteiger partial charge is 0.460 e. The number of nitrogens with zero attached hydrogens (tertiary/aromatic N) is 2. The zero-order valence-corrected chi connectivity index (χ0v) is 11.6. The van der Waals surface area contributed by atoms with Gasteiger partial charge < -0.3 is 9.47 Å². The number of rotatable bonds is 6. The first-order chi connectivity index (χ1) is 10.5. The quantitative estimate of drug-likeness (QED) is 0.260. The van der Waals surface area contributed by atoms with Gasteiger partial charge in [-0.05, 0) is 17.7 Å². The molecule has 1 aliphatic rings. The van der Waals surface area contributed by atoms with Crippen LogP contribution in [0.2, 0.25) is 0 Å². The number of esters is 1. The maximum atomic E-state index is 11.7. The predicted molar refractivity (Wildman–Crippen MR) is 74.9 cm³/mol. The van der Waals surface area contributed by atoms with Crippen LogP contribution in [0.15, 0.2) is 36.9 Å². The molecule has 0 bridgehead atoms. The summed E-state index contributed by atoms with van der Waals surface area (Å²) in [6, 6.07) is 5.06. The van der Waals surface area contributed by atoms with Crippen LogP contribution >= 0.6 is 0 Å². The molecule has 0 spiro atoms. The van der Waals surface area contributed by atoms with Crippen molar-refractivity contribution in [3.63, 3.8) is 0 Å². The fourth-order valence-corrected chi connectivity index (χ4v) is 1.72. The summed E-state index contributed by atoms with van der Waals surface area (Å²) in [6.45, 7) is 3.75. The van der Waals surface area contributed by atoms with Gasteiger partial charge in [0.15, 0.2) is 6.04 Å². The van der Waals surface area contributed by atoms with Crippen molar-refractivity contribution in [3.05, 3.63) is 52.6 Å². The Hall–Kier alpha value is -2.90. The lowest BCUT2D eigenvalue weighted by Crippen LogP contribution is -2.21. The van der Waals surface area contributed by atoms with E-state index in [1.54, 1.807) is 0 Å². The minimum atomic E-state index is -0.626. The van der Waals surface area contributed by atoms with E-state index in [-0.39, 0.29) is 25.4 Å². The number of benzene rings is 1. The topological polar surface area (TPSA) is 98.8 Å². The molecule has 1 aliphatic heterocycles. The first kappa shape index (κ1) is 15.5. The summed E-state index contributed by atoms with van der Waals surface area (Å²) < 4.78 is 9.85. The van der Waals surface area contributed by atoms with Crippen LogP contribution in [0.1, 0.15) is 5.56 Å². The molecule has 1 amide bonds. The van der Waals surface area contributed by atoms with Crippen LogP contribution in [0.5, 0.6) is 0 Å². The van der Waals surface area contributed by atoms with Gasteiger partial charge in [-0.3, -0.25) is 15.0 Å². The maximum absolute atomic E-state index is 11.7. The molecule has 0 saturated carbocycles. The van der Waals surface area contributed by atoms with Gasteiger partial charge in [0.1, 0.15) is 13.2 Å². The highest BCUT2D eigenvalue weighted by molar-refractivity contribution is 5.86. The summed E-state index contributed by atoms with van der Waals surface area (Å²) in [4.78, 5) is 34.4. The van der Waals surface area contributed by atoms with Crippen LogP contribution in [0.25, 0.3) is 0 Å². The van der Waals surface area contributed by atoms with E-state index >= 15 is 0 Å². The molecule has 1 fully saturated rings. The third-order valence-corrected chi connectivity index (χ3v) is 2.97. The molecule has 1 aromatic rings. The minimum Gasteiger partial charge on any atom is -0.460 e. The van der Waals surface area contributed by atoms with E-state index < -0.39 is 23.0 Å². The van der Waals surface area contributed by atoms with Crippen molar-refractivity contribution >= 4 is 17.7 Å². The average Bonchev–Trinajstić information content (AvgIpc) is 3.31. The Morgan fingerprint density at radius 2 is 2.05 bits per heavy atom. The number of nitro benzene ring substituents is 1. The van der Waals surface area contributed by atoms with Crippen LogP contribution in [-0.2, 0) is 20.9 Å². The van der Waals surface area contributed by atoms with E-state index in [0.717, 1.165) is 0 Å².